The van der Waals surface area contributed by atoms with Gasteiger partial charge < -0.3 is 15.0 Å². The summed E-state index contributed by atoms with van der Waals surface area (Å²) in [6.45, 7) is 3.33. The number of fused-ring (bicyclic) bond motifs is 2. The summed E-state index contributed by atoms with van der Waals surface area (Å²) in [5, 5.41) is 3.73. The summed E-state index contributed by atoms with van der Waals surface area (Å²) in [6.07, 6.45) is 2.36. The van der Waals surface area contributed by atoms with Crippen LogP contribution < -0.4 is 10.1 Å². The quantitative estimate of drug-likeness (QED) is 0.901. The largest absolute Gasteiger partial charge is 0.456 e. The molecule has 4 rings (SSSR count). The van der Waals surface area contributed by atoms with Crippen molar-refractivity contribution >= 4 is 17.5 Å². The maximum Gasteiger partial charge on any atom is 0.251 e. The average molecular weight is 357 g/mol. The Labute approximate surface area is 152 Å². The third-order valence-electron chi connectivity index (χ3n) is 4.98. The monoisotopic (exact) mass is 356 g/mol. The van der Waals surface area contributed by atoms with Gasteiger partial charge in [-0.3, -0.25) is 4.79 Å². The van der Waals surface area contributed by atoms with Crippen LogP contribution in [0.2, 0.25) is 5.02 Å². The van der Waals surface area contributed by atoms with Gasteiger partial charge in [0.2, 0.25) is 0 Å². The third-order valence-corrected chi connectivity index (χ3v) is 5.29. The van der Waals surface area contributed by atoms with Gasteiger partial charge in [-0.15, -0.1) is 0 Å². The molecule has 0 radical (unpaired) electrons. The van der Waals surface area contributed by atoms with Crippen molar-refractivity contribution in [1.29, 1.82) is 0 Å². The molecule has 2 fully saturated rings. The van der Waals surface area contributed by atoms with Gasteiger partial charge in [0.05, 0.1) is 5.02 Å². The number of nitrogens with zero attached hydrogens (tertiary/aromatic N) is 1. The molecule has 2 aromatic rings. The molecule has 0 aromatic heterocycles. The second kappa shape index (κ2) is 7.06. The number of hydrogen-bond donors (Lipinski definition) is 1. The SMILES string of the molecule is O=C(NC1CC2CCN(C2)C1)c1ccc(Oc2ccccc2Cl)cc1. The standard InChI is InChI=1S/C20H21ClN2O2/c21-18-3-1-2-4-19(18)25-17-7-5-15(6-8-17)20(24)22-16-11-14-9-10-23(12-14)13-16/h1-8,14,16H,9-13H2,(H,22,24). The van der Waals surface area contributed by atoms with Crippen LogP contribution in [0.15, 0.2) is 48.5 Å². The highest BCUT2D eigenvalue weighted by atomic mass is 35.5. The molecule has 4 nitrogen and oxygen atoms in total. The van der Waals surface area contributed by atoms with E-state index < -0.39 is 0 Å². The summed E-state index contributed by atoms with van der Waals surface area (Å²) in [5.41, 5.74) is 0.652. The fourth-order valence-corrected chi connectivity index (χ4v) is 3.94. The Morgan fingerprint density at radius 3 is 2.68 bits per heavy atom. The third kappa shape index (κ3) is 3.80. The van der Waals surface area contributed by atoms with Gasteiger partial charge in [0, 0.05) is 24.7 Å². The van der Waals surface area contributed by atoms with E-state index >= 15 is 0 Å². The van der Waals surface area contributed by atoms with E-state index in [1.807, 2.05) is 18.2 Å². The molecule has 0 spiro atoms. The number of carbonyl (C=O) groups is 1. The van der Waals surface area contributed by atoms with Gasteiger partial charge in [-0.1, -0.05) is 23.7 Å². The van der Waals surface area contributed by atoms with Gasteiger partial charge in [-0.05, 0) is 61.7 Å². The first-order chi connectivity index (χ1) is 12.2. The lowest BCUT2D eigenvalue weighted by molar-refractivity contribution is 0.0909. The Morgan fingerprint density at radius 1 is 1.12 bits per heavy atom. The van der Waals surface area contributed by atoms with Gasteiger partial charge in [0.25, 0.3) is 5.91 Å². The van der Waals surface area contributed by atoms with Crippen molar-refractivity contribution < 1.29 is 9.53 Å². The summed E-state index contributed by atoms with van der Waals surface area (Å²) in [4.78, 5) is 14.9. The smallest absolute Gasteiger partial charge is 0.251 e. The van der Waals surface area contributed by atoms with E-state index in [1.54, 1.807) is 30.3 Å². The summed E-state index contributed by atoms with van der Waals surface area (Å²) < 4.78 is 5.76. The maximum absolute atomic E-state index is 12.5. The van der Waals surface area contributed by atoms with Crippen molar-refractivity contribution in [2.45, 2.75) is 18.9 Å². The Balaban J connectivity index is 1.38. The highest BCUT2D eigenvalue weighted by molar-refractivity contribution is 6.32. The van der Waals surface area contributed by atoms with Crippen LogP contribution in [0.25, 0.3) is 0 Å². The Hall–Kier alpha value is -2.04. The van der Waals surface area contributed by atoms with Crippen molar-refractivity contribution in [2.75, 3.05) is 19.6 Å². The molecule has 25 heavy (non-hydrogen) atoms. The fraction of sp³-hybridized carbons (Fsp3) is 0.350. The summed E-state index contributed by atoms with van der Waals surface area (Å²) in [6, 6.07) is 14.8. The molecule has 2 aromatic carbocycles. The van der Waals surface area contributed by atoms with Crippen LogP contribution in [0, 0.1) is 5.92 Å². The zero-order chi connectivity index (χ0) is 17.2. The first kappa shape index (κ1) is 16.4. The number of amides is 1. The maximum atomic E-state index is 12.5. The Kier molecular flexibility index (Phi) is 4.64. The number of nitrogens with one attached hydrogen (secondary N) is 1. The van der Waals surface area contributed by atoms with Crippen molar-refractivity contribution in [3.63, 3.8) is 0 Å². The van der Waals surface area contributed by atoms with Crippen molar-refractivity contribution in [3.8, 4) is 11.5 Å². The van der Waals surface area contributed by atoms with E-state index in [-0.39, 0.29) is 11.9 Å². The second-order valence-corrected chi connectivity index (χ2v) is 7.28. The van der Waals surface area contributed by atoms with E-state index in [0.29, 0.717) is 22.1 Å². The normalized spacial score (nSPS) is 24.8. The molecule has 3 unspecified atom stereocenters. The molecule has 1 amide bonds. The highest BCUT2D eigenvalue weighted by Crippen LogP contribution is 2.29. The zero-order valence-corrected chi connectivity index (χ0v) is 14.7. The fourth-order valence-electron chi connectivity index (χ4n) is 3.76. The Morgan fingerprint density at radius 2 is 1.92 bits per heavy atom. The number of para-hydroxylation sites is 1. The van der Waals surface area contributed by atoms with Crippen LogP contribution in [0.3, 0.4) is 0 Å². The number of rotatable bonds is 4. The van der Waals surface area contributed by atoms with Crippen molar-refractivity contribution in [3.05, 3.63) is 59.1 Å². The first-order valence-corrected chi connectivity index (χ1v) is 9.11. The van der Waals surface area contributed by atoms with Gasteiger partial charge in [-0.25, -0.2) is 0 Å². The van der Waals surface area contributed by atoms with Crippen LogP contribution in [-0.4, -0.2) is 36.5 Å². The zero-order valence-electron chi connectivity index (χ0n) is 14.0. The lowest BCUT2D eigenvalue weighted by atomic mass is 9.96. The molecule has 130 valence electrons. The molecule has 2 saturated heterocycles. The predicted octanol–water partition coefficient (Wildman–Crippen LogP) is 3.96. The van der Waals surface area contributed by atoms with E-state index in [9.17, 15) is 4.79 Å². The number of carbonyl (C=O) groups excluding carboxylic acids is 1. The highest BCUT2D eigenvalue weighted by Gasteiger charge is 2.32. The van der Waals surface area contributed by atoms with E-state index in [2.05, 4.69) is 10.2 Å². The molecular weight excluding hydrogens is 336 g/mol. The topological polar surface area (TPSA) is 41.6 Å². The van der Waals surface area contributed by atoms with Crippen LogP contribution >= 0.6 is 11.6 Å². The van der Waals surface area contributed by atoms with Crippen LogP contribution in [0.1, 0.15) is 23.2 Å². The molecule has 1 N–H and O–H groups in total. The molecule has 2 heterocycles. The molecular formula is C20H21ClN2O2. The molecule has 3 atom stereocenters. The van der Waals surface area contributed by atoms with Gasteiger partial charge in [0.1, 0.15) is 11.5 Å². The molecule has 5 heteroatoms. The van der Waals surface area contributed by atoms with E-state index in [0.717, 1.165) is 18.9 Å². The Bertz CT molecular complexity index is 751. The molecule has 2 bridgehead atoms. The second-order valence-electron chi connectivity index (χ2n) is 6.88. The summed E-state index contributed by atoms with van der Waals surface area (Å²) in [5.74, 6) is 1.99. The average Bonchev–Trinajstić information content (AvgIpc) is 2.96. The minimum absolute atomic E-state index is 0.0169. The van der Waals surface area contributed by atoms with Crippen LogP contribution in [0.4, 0.5) is 0 Å². The molecule has 0 aliphatic carbocycles. The molecule has 0 saturated carbocycles. The predicted molar refractivity (Wildman–Crippen MR) is 98.4 cm³/mol. The lowest BCUT2D eigenvalue weighted by Gasteiger charge is -2.30. The summed E-state index contributed by atoms with van der Waals surface area (Å²) in [7, 11) is 0. The number of hydrogen-bond acceptors (Lipinski definition) is 3. The minimum atomic E-state index is -0.0169. The van der Waals surface area contributed by atoms with Crippen molar-refractivity contribution in [1.82, 2.24) is 10.2 Å². The first-order valence-electron chi connectivity index (χ1n) is 8.73. The number of halogens is 1. The summed E-state index contributed by atoms with van der Waals surface area (Å²) >= 11 is 6.10. The van der Waals surface area contributed by atoms with E-state index in [4.69, 9.17) is 16.3 Å². The van der Waals surface area contributed by atoms with Crippen LogP contribution in [-0.2, 0) is 0 Å². The molecule has 2 aliphatic rings. The number of ether oxygens (including phenoxy) is 1. The van der Waals surface area contributed by atoms with Gasteiger partial charge in [-0.2, -0.15) is 0 Å². The molecule has 2 aliphatic heterocycles. The van der Waals surface area contributed by atoms with E-state index in [1.165, 1.54) is 19.5 Å². The van der Waals surface area contributed by atoms with Gasteiger partial charge >= 0.3 is 0 Å². The lowest BCUT2D eigenvalue weighted by Crippen LogP contribution is -2.46. The van der Waals surface area contributed by atoms with Gasteiger partial charge in [0.15, 0.2) is 0 Å². The van der Waals surface area contributed by atoms with Crippen molar-refractivity contribution in [2.24, 2.45) is 5.92 Å². The number of benzene rings is 2. The van der Waals surface area contributed by atoms with Crippen LogP contribution in [0.5, 0.6) is 11.5 Å². The number of piperidine rings is 1. The minimum Gasteiger partial charge on any atom is -0.456 e.